The van der Waals surface area contributed by atoms with Crippen molar-refractivity contribution in [3.63, 3.8) is 0 Å². The molecule has 0 aromatic heterocycles. The molecule has 0 aromatic carbocycles. The molecule has 0 amide bonds. The van der Waals surface area contributed by atoms with Crippen LogP contribution in [0.4, 0.5) is 0 Å². The first-order chi connectivity index (χ1) is 25.8. The van der Waals surface area contributed by atoms with E-state index in [-0.39, 0.29) is 19.8 Å². The van der Waals surface area contributed by atoms with Crippen molar-refractivity contribution in [2.75, 3.05) is 105 Å². The molecular formula is C35H68O17S. The summed E-state index contributed by atoms with van der Waals surface area (Å²) < 4.78 is 54.9. The molecule has 53 heavy (non-hydrogen) atoms. The van der Waals surface area contributed by atoms with Crippen LogP contribution in [0.15, 0.2) is 0 Å². The van der Waals surface area contributed by atoms with Gasteiger partial charge in [-0.15, -0.1) is 0 Å². The molecule has 0 bridgehead atoms. The highest BCUT2D eigenvalue weighted by Crippen LogP contribution is 2.29. The number of aliphatic hydroxyl groups is 7. The first-order valence-electron chi connectivity index (χ1n) is 19.1. The third-order valence-electron chi connectivity index (χ3n) is 8.78. The van der Waals surface area contributed by atoms with Crippen molar-refractivity contribution >= 4 is 12.6 Å². The highest BCUT2D eigenvalue weighted by molar-refractivity contribution is 7.80. The Morgan fingerprint density at radius 3 is 1.26 bits per heavy atom. The van der Waals surface area contributed by atoms with Crippen molar-refractivity contribution in [1.29, 1.82) is 0 Å². The van der Waals surface area contributed by atoms with Gasteiger partial charge in [-0.3, -0.25) is 0 Å². The highest BCUT2D eigenvalue weighted by Gasteiger charge is 2.50. The summed E-state index contributed by atoms with van der Waals surface area (Å²) in [5.41, 5.74) is 0. The van der Waals surface area contributed by atoms with Crippen LogP contribution in [0.3, 0.4) is 0 Å². The maximum absolute atomic E-state index is 10.7. The van der Waals surface area contributed by atoms with Crippen LogP contribution >= 0.6 is 12.6 Å². The van der Waals surface area contributed by atoms with Crippen molar-refractivity contribution in [3.05, 3.63) is 0 Å². The average Bonchev–Trinajstić information content (AvgIpc) is 3.16. The van der Waals surface area contributed by atoms with Gasteiger partial charge in [0.1, 0.15) is 48.8 Å². The number of ether oxygens (including phenoxy) is 10. The fraction of sp³-hybridized carbons (Fsp3) is 1.00. The van der Waals surface area contributed by atoms with Gasteiger partial charge >= 0.3 is 0 Å². The Labute approximate surface area is 319 Å². The van der Waals surface area contributed by atoms with Crippen LogP contribution in [0.5, 0.6) is 0 Å². The molecule has 2 heterocycles. The molecule has 0 aliphatic carbocycles. The molecule has 18 heteroatoms. The number of thiol groups is 1. The quantitative estimate of drug-likeness (QED) is 0.0293. The van der Waals surface area contributed by atoms with E-state index in [1.54, 1.807) is 0 Å². The molecule has 2 rings (SSSR count). The van der Waals surface area contributed by atoms with Crippen LogP contribution in [-0.2, 0) is 47.4 Å². The van der Waals surface area contributed by atoms with Gasteiger partial charge in [0.05, 0.1) is 92.5 Å². The molecule has 10 atom stereocenters. The maximum Gasteiger partial charge on any atom is 0.187 e. The predicted molar refractivity (Wildman–Crippen MR) is 193 cm³/mol. The van der Waals surface area contributed by atoms with E-state index in [1.807, 2.05) is 0 Å². The van der Waals surface area contributed by atoms with Gasteiger partial charge in [-0.2, -0.15) is 12.6 Å². The molecule has 17 nitrogen and oxygen atoms in total. The summed E-state index contributed by atoms with van der Waals surface area (Å²) in [5, 5.41) is 70.5. The van der Waals surface area contributed by atoms with E-state index in [0.717, 1.165) is 18.8 Å². The summed E-state index contributed by atoms with van der Waals surface area (Å²) in [5.74, 6) is 1.00. The van der Waals surface area contributed by atoms with Crippen LogP contribution in [-0.4, -0.2) is 202 Å². The summed E-state index contributed by atoms with van der Waals surface area (Å²) in [4.78, 5) is 0. The second-order valence-corrected chi connectivity index (χ2v) is 13.4. The molecular weight excluding hydrogens is 724 g/mol. The minimum atomic E-state index is -1.74. The molecule has 4 unspecified atom stereocenters. The number of aliphatic hydroxyl groups excluding tert-OH is 7. The standard InChI is InChI=1S/C35H68O17S/c36-24-26-28(38)29(39)31(41)35(50-26)52-33-27(25-37)51-34(32(42)30(33)40)49-22-21-48-20-19-47-18-17-46-16-15-45-14-13-44-12-11-43-10-8-6-4-2-1-3-5-7-9-23-53/h26-42,53H,1-25H2/t26-,27?,28-,29?,30+,31?,32?,33+,34+,35-/m0/s1. The first kappa shape index (κ1) is 48.8. The zero-order valence-corrected chi connectivity index (χ0v) is 32.0. The Balaban J connectivity index is 1.35. The average molecular weight is 793 g/mol. The second kappa shape index (κ2) is 31.7. The van der Waals surface area contributed by atoms with Gasteiger partial charge in [-0.05, 0) is 18.6 Å². The van der Waals surface area contributed by atoms with Gasteiger partial charge in [0.2, 0.25) is 0 Å². The van der Waals surface area contributed by atoms with Gasteiger partial charge in [-0.1, -0.05) is 44.9 Å². The fourth-order valence-corrected chi connectivity index (χ4v) is 5.89. The largest absolute Gasteiger partial charge is 0.394 e. The lowest BCUT2D eigenvalue weighted by atomic mass is 9.97. The zero-order chi connectivity index (χ0) is 38.5. The molecule has 2 aliphatic heterocycles. The Hall–Kier alpha value is -0.330. The lowest BCUT2D eigenvalue weighted by molar-refractivity contribution is -0.359. The van der Waals surface area contributed by atoms with Crippen molar-refractivity contribution in [2.24, 2.45) is 0 Å². The van der Waals surface area contributed by atoms with Gasteiger partial charge < -0.3 is 83.1 Å². The SMILES string of the molecule is OCC1O[C@@H](OCCOCCOCCOCCOCCOCCOCCCCCCCCCCCS)C(O)[C@@H](O)[C@@H]1O[C@@H]1O[C@@H](CO)[C@H](O)C(O)C1O. The topological polar surface area (TPSA) is 234 Å². The summed E-state index contributed by atoms with van der Waals surface area (Å²) >= 11 is 4.24. The van der Waals surface area contributed by atoms with E-state index < -0.39 is 74.6 Å². The number of hydrogen-bond donors (Lipinski definition) is 8. The van der Waals surface area contributed by atoms with Gasteiger partial charge in [0.25, 0.3) is 0 Å². The minimum absolute atomic E-state index is 0.00910. The zero-order valence-electron chi connectivity index (χ0n) is 31.1. The predicted octanol–water partition coefficient (Wildman–Crippen LogP) is -0.833. The monoisotopic (exact) mass is 792 g/mol. The third-order valence-corrected chi connectivity index (χ3v) is 9.09. The van der Waals surface area contributed by atoms with Crippen molar-refractivity contribution in [3.8, 4) is 0 Å². The second-order valence-electron chi connectivity index (χ2n) is 13.0. The third kappa shape index (κ3) is 20.6. The number of unbranched alkanes of at least 4 members (excludes halogenated alkanes) is 8. The highest BCUT2D eigenvalue weighted by atomic mass is 32.1. The van der Waals surface area contributed by atoms with E-state index in [9.17, 15) is 35.7 Å². The first-order valence-corrected chi connectivity index (χ1v) is 19.8. The molecule has 2 saturated heterocycles. The van der Waals surface area contributed by atoms with Crippen molar-refractivity contribution in [2.45, 2.75) is 119 Å². The van der Waals surface area contributed by atoms with E-state index in [1.165, 1.54) is 51.4 Å². The minimum Gasteiger partial charge on any atom is -0.394 e. The Bertz CT molecular complexity index is 833. The normalized spacial score (nSPS) is 29.2. The van der Waals surface area contributed by atoms with Crippen LogP contribution in [0.2, 0.25) is 0 Å². The van der Waals surface area contributed by atoms with Crippen molar-refractivity contribution < 1.29 is 83.1 Å². The Morgan fingerprint density at radius 1 is 0.396 bits per heavy atom. The molecule has 0 spiro atoms. The van der Waals surface area contributed by atoms with Crippen LogP contribution < -0.4 is 0 Å². The molecule has 2 aliphatic rings. The summed E-state index contributed by atoms with van der Waals surface area (Å²) in [6.45, 7) is 4.02. The van der Waals surface area contributed by atoms with Gasteiger partial charge in [-0.25, -0.2) is 0 Å². The molecule has 0 aromatic rings. The summed E-state index contributed by atoms with van der Waals surface area (Å²) in [6.07, 6.45) is -3.61. The van der Waals surface area contributed by atoms with E-state index in [0.29, 0.717) is 59.5 Å². The summed E-state index contributed by atoms with van der Waals surface area (Å²) in [6, 6.07) is 0. The molecule has 0 saturated carbocycles. The van der Waals surface area contributed by atoms with Gasteiger partial charge in [0.15, 0.2) is 12.6 Å². The molecule has 316 valence electrons. The van der Waals surface area contributed by atoms with E-state index >= 15 is 0 Å². The number of hydrogen-bond acceptors (Lipinski definition) is 18. The lowest BCUT2D eigenvalue weighted by Gasteiger charge is -2.45. The fourth-order valence-electron chi connectivity index (χ4n) is 5.67. The smallest absolute Gasteiger partial charge is 0.187 e. The van der Waals surface area contributed by atoms with E-state index in [2.05, 4.69) is 12.6 Å². The van der Waals surface area contributed by atoms with Gasteiger partial charge in [0, 0.05) is 6.61 Å². The number of rotatable bonds is 34. The van der Waals surface area contributed by atoms with Crippen molar-refractivity contribution in [1.82, 2.24) is 0 Å². The molecule has 0 radical (unpaired) electrons. The maximum atomic E-state index is 10.7. The molecule has 2 fully saturated rings. The lowest BCUT2D eigenvalue weighted by Crippen LogP contribution is -2.64. The molecule has 7 N–H and O–H groups in total. The Kier molecular flexibility index (Phi) is 29.2. The van der Waals surface area contributed by atoms with Crippen LogP contribution in [0.1, 0.15) is 57.8 Å². The Morgan fingerprint density at radius 2 is 0.792 bits per heavy atom. The van der Waals surface area contributed by atoms with E-state index in [4.69, 9.17) is 47.4 Å². The van der Waals surface area contributed by atoms with Crippen LogP contribution in [0.25, 0.3) is 0 Å². The van der Waals surface area contributed by atoms with Crippen LogP contribution in [0, 0.1) is 0 Å². The summed E-state index contributed by atoms with van der Waals surface area (Å²) in [7, 11) is 0.